The van der Waals surface area contributed by atoms with E-state index in [1.54, 1.807) is 6.20 Å². The molecule has 0 radical (unpaired) electrons. The molecule has 4 nitrogen and oxygen atoms in total. The van der Waals surface area contributed by atoms with Gasteiger partial charge in [-0.05, 0) is 37.0 Å². The van der Waals surface area contributed by atoms with E-state index < -0.39 is 10.8 Å². The highest BCUT2D eigenvalue weighted by Gasteiger charge is 2.07. The fourth-order valence-electron chi connectivity index (χ4n) is 2.65. The van der Waals surface area contributed by atoms with Gasteiger partial charge in [-0.25, -0.2) is 4.98 Å². The van der Waals surface area contributed by atoms with Gasteiger partial charge < -0.3 is 0 Å². The number of aryl methyl sites for hydroxylation is 2. The van der Waals surface area contributed by atoms with Crippen LogP contribution in [0.4, 0.5) is 0 Å². The summed E-state index contributed by atoms with van der Waals surface area (Å²) < 4.78 is 13.8. The maximum absolute atomic E-state index is 12.3. The van der Waals surface area contributed by atoms with E-state index in [1.807, 2.05) is 37.3 Å². The lowest BCUT2D eigenvalue weighted by atomic mass is 10.1. The Labute approximate surface area is 143 Å². The van der Waals surface area contributed by atoms with Crippen molar-refractivity contribution in [2.75, 3.05) is 5.75 Å². The molecule has 0 spiro atoms. The molecule has 3 aromatic rings. The zero-order valence-electron chi connectivity index (χ0n) is 13.6. The number of rotatable bonds is 6. The molecule has 0 bridgehead atoms. The number of fused-ring (bicyclic) bond motifs is 1. The van der Waals surface area contributed by atoms with Crippen molar-refractivity contribution in [2.45, 2.75) is 25.5 Å². The molecule has 2 heterocycles. The first-order valence-corrected chi connectivity index (χ1v) is 9.48. The molecule has 0 aliphatic rings. The van der Waals surface area contributed by atoms with E-state index in [9.17, 15) is 9.00 Å². The first-order valence-electron chi connectivity index (χ1n) is 8.00. The van der Waals surface area contributed by atoms with Crippen LogP contribution in [-0.4, -0.2) is 19.3 Å². The molecule has 0 aliphatic carbocycles. The topological polar surface area (TPSA) is 51.4 Å². The van der Waals surface area contributed by atoms with Crippen LogP contribution < -0.4 is 5.56 Å². The molecular formula is C19H20N2O2S. The van der Waals surface area contributed by atoms with Crippen LogP contribution in [0.5, 0.6) is 0 Å². The minimum absolute atomic E-state index is 0.125. The van der Waals surface area contributed by atoms with Crippen molar-refractivity contribution >= 4 is 16.4 Å². The lowest BCUT2D eigenvalue weighted by Crippen LogP contribution is -2.16. The van der Waals surface area contributed by atoms with E-state index in [1.165, 1.54) is 16.0 Å². The summed E-state index contributed by atoms with van der Waals surface area (Å²) in [4.78, 5) is 16.6. The predicted octanol–water partition coefficient (Wildman–Crippen LogP) is 2.88. The second-order valence-electron chi connectivity index (χ2n) is 5.90. The smallest absolute Gasteiger partial charge is 0.258 e. The van der Waals surface area contributed by atoms with E-state index in [0.29, 0.717) is 22.8 Å². The van der Waals surface area contributed by atoms with Crippen molar-refractivity contribution in [1.82, 2.24) is 9.38 Å². The van der Waals surface area contributed by atoms with Crippen molar-refractivity contribution in [1.29, 1.82) is 0 Å². The van der Waals surface area contributed by atoms with Crippen LogP contribution in [0.25, 0.3) is 5.65 Å². The lowest BCUT2D eigenvalue weighted by Gasteiger charge is -2.06. The van der Waals surface area contributed by atoms with Crippen molar-refractivity contribution in [2.24, 2.45) is 0 Å². The van der Waals surface area contributed by atoms with E-state index in [4.69, 9.17) is 0 Å². The molecule has 124 valence electrons. The van der Waals surface area contributed by atoms with Gasteiger partial charge in [0.1, 0.15) is 5.65 Å². The molecule has 24 heavy (non-hydrogen) atoms. The van der Waals surface area contributed by atoms with Gasteiger partial charge in [0.25, 0.3) is 5.56 Å². The molecular weight excluding hydrogens is 320 g/mol. The predicted molar refractivity (Wildman–Crippen MR) is 97.7 cm³/mol. The summed E-state index contributed by atoms with van der Waals surface area (Å²) in [6.45, 7) is 1.93. The molecule has 0 unspecified atom stereocenters. The maximum atomic E-state index is 12.3. The van der Waals surface area contributed by atoms with E-state index in [2.05, 4.69) is 17.1 Å². The van der Waals surface area contributed by atoms with Crippen LogP contribution in [0.2, 0.25) is 0 Å². The average molecular weight is 340 g/mol. The van der Waals surface area contributed by atoms with Crippen molar-refractivity contribution < 1.29 is 4.21 Å². The Morgan fingerprint density at radius 3 is 2.71 bits per heavy atom. The summed E-state index contributed by atoms with van der Waals surface area (Å²) in [6, 6.07) is 15.4. The Bertz CT molecular complexity index is 920. The van der Waals surface area contributed by atoms with E-state index in [-0.39, 0.29) is 5.56 Å². The van der Waals surface area contributed by atoms with Crippen molar-refractivity contribution in [3.63, 3.8) is 0 Å². The van der Waals surface area contributed by atoms with Crippen molar-refractivity contribution in [3.8, 4) is 0 Å². The highest BCUT2D eigenvalue weighted by molar-refractivity contribution is 7.84. The highest BCUT2D eigenvalue weighted by Crippen LogP contribution is 2.07. The summed E-state index contributed by atoms with van der Waals surface area (Å²) in [6.07, 6.45) is 3.55. The van der Waals surface area contributed by atoms with Crippen LogP contribution in [0.3, 0.4) is 0 Å². The van der Waals surface area contributed by atoms with Gasteiger partial charge in [0, 0.05) is 28.8 Å². The van der Waals surface area contributed by atoms with Gasteiger partial charge in [-0.15, -0.1) is 0 Å². The van der Waals surface area contributed by atoms with Gasteiger partial charge >= 0.3 is 0 Å². The molecule has 5 heteroatoms. The maximum Gasteiger partial charge on any atom is 0.258 e. The van der Waals surface area contributed by atoms with Crippen LogP contribution in [0.15, 0.2) is 59.5 Å². The molecule has 1 aromatic carbocycles. The van der Waals surface area contributed by atoms with Crippen LogP contribution >= 0.6 is 0 Å². The number of hydrogen-bond acceptors (Lipinski definition) is 3. The molecule has 0 N–H and O–H groups in total. The quantitative estimate of drug-likeness (QED) is 0.693. The molecule has 0 aliphatic heterocycles. The summed E-state index contributed by atoms with van der Waals surface area (Å²) in [7, 11) is -1.01. The zero-order valence-corrected chi connectivity index (χ0v) is 14.5. The third-order valence-electron chi connectivity index (χ3n) is 3.85. The second kappa shape index (κ2) is 7.53. The van der Waals surface area contributed by atoms with Gasteiger partial charge in [-0.3, -0.25) is 13.4 Å². The Hall–Kier alpha value is -2.27. The summed E-state index contributed by atoms with van der Waals surface area (Å²) in [5.41, 5.74) is 3.34. The molecule has 3 rings (SSSR count). The van der Waals surface area contributed by atoms with E-state index in [0.717, 1.165) is 18.4 Å². The van der Waals surface area contributed by atoms with Crippen molar-refractivity contribution in [3.05, 3.63) is 81.9 Å². The number of hydrogen-bond donors (Lipinski definition) is 0. The summed E-state index contributed by atoms with van der Waals surface area (Å²) >= 11 is 0. The standard InChI is InChI=1S/C19H20N2O2S/c1-15-9-10-18-20-17(12-19(22)21(18)13-15)14-24(23)11-5-8-16-6-3-2-4-7-16/h2-4,6-7,9-10,12-13H,5,8,11,14H2,1H3/t24-/m1/s1. The third kappa shape index (κ3) is 4.17. The molecule has 0 saturated carbocycles. The fraction of sp³-hybridized carbons (Fsp3) is 0.263. The second-order valence-corrected chi connectivity index (χ2v) is 7.47. The number of nitrogens with zero attached hydrogens (tertiary/aromatic N) is 2. The van der Waals surface area contributed by atoms with Gasteiger partial charge in [0.2, 0.25) is 0 Å². The van der Waals surface area contributed by atoms with Gasteiger partial charge in [-0.1, -0.05) is 36.4 Å². The highest BCUT2D eigenvalue weighted by atomic mass is 32.2. The Morgan fingerprint density at radius 1 is 1.12 bits per heavy atom. The third-order valence-corrected chi connectivity index (χ3v) is 5.21. The van der Waals surface area contributed by atoms with Gasteiger partial charge in [-0.2, -0.15) is 0 Å². The summed E-state index contributed by atoms with van der Waals surface area (Å²) in [5, 5.41) is 0. The largest absolute Gasteiger partial charge is 0.269 e. The normalized spacial score (nSPS) is 12.4. The van der Waals surface area contributed by atoms with Gasteiger partial charge in [0.15, 0.2) is 0 Å². The first kappa shape index (κ1) is 16.6. The Morgan fingerprint density at radius 2 is 1.92 bits per heavy atom. The molecule has 1 atom stereocenters. The van der Waals surface area contributed by atoms with Gasteiger partial charge in [0.05, 0.1) is 11.4 Å². The first-order chi connectivity index (χ1) is 11.6. The van der Waals surface area contributed by atoms with Crippen LogP contribution in [-0.2, 0) is 23.0 Å². The Kier molecular flexibility index (Phi) is 5.20. The average Bonchev–Trinajstić information content (AvgIpc) is 2.56. The number of benzene rings is 1. The molecule has 0 amide bonds. The molecule has 0 fully saturated rings. The lowest BCUT2D eigenvalue weighted by molar-refractivity contribution is 0.679. The van der Waals surface area contributed by atoms with E-state index >= 15 is 0 Å². The minimum Gasteiger partial charge on any atom is -0.269 e. The fourth-order valence-corrected chi connectivity index (χ4v) is 3.74. The van der Waals surface area contributed by atoms with Crippen LogP contribution in [0, 0.1) is 6.92 Å². The Balaban J connectivity index is 1.63. The monoisotopic (exact) mass is 340 g/mol. The SMILES string of the molecule is Cc1ccc2nc(C[S@](=O)CCCc3ccccc3)cc(=O)n2c1. The molecule has 0 saturated heterocycles. The number of pyridine rings is 1. The summed E-state index contributed by atoms with van der Waals surface area (Å²) in [5.74, 6) is 0.943. The molecule has 2 aromatic heterocycles. The zero-order chi connectivity index (χ0) is 16.9. The number of aromatic nitrogens is 2. The minimum atomic E-state index is -1.01. The van der Waals surface area contributed by atoms with Crippen LogP contribution in [0.1, 0.15) is 23.2 Å².